The van der Waals surface area contributed by atoms with E-state index in [0.717, 1.165) is 0 Å². The number of hydrogen-bond acceptors (Lipinski definition) is 2. The zero-order valence-electron chi connectivity index (χ0n) is 11.2. The van der Waals surface area contributed by atoms with Crippen molar-refractivity contribution >= 4 is 23.2 Å². The fourth-order valence-electron chi connectivity index (χ4n) is 2.35. The topological polar surface area (TPSA) is 29.5 Å². The van der Waals surface area contributed by atoms with Crippen LogP contribution in [-0.4, -0.2) is 19.1 Å². The molecule has 1 aliphatic rings. The summed E-state index contributed by atoms with van der Waals surface area (Å²) in [7, 11) is 0. The van der Waals surface area contributed by atoms with E-state index in [1.807, 2.05) is 0 Å². The summed E-state index contributed by atoms with van der Waals surface area (Å²) in [6.45, 7) is 0.846. The van der Waals surface area contributed by atoms with Crippen LogP contribution in [0.3, 0.4) is 0 Å². The van der Waals surface area contributed by atoms with Crippen molar-refractivity contribution in [1.29, 1.82) is 0 Å². The van der Waals surface area contributed by atoms with Crippen molar-refractivity contribution in [1.82, 2.24) is 0 Å². The zero-order valence-corrected chi connectivity index (χ0v) is 11.9. The number of carbonyl (C=O) groups excluding carboxylic acids is 1. The highest BCUT2D eigenvalue weighted by molar-refractivity contribution is 6.31. The summed E-state index contributed by atoms with van der Waals surface area (Å²) < 4.78 is 19.2. The number of carbonyl (C=O) groups is 1. The van der Waals surface area contributed by atoms with Crippen LogP contribution in [0, 0.1) is 5.82 Å². The summed E-state index contributed by atoms with van der Waals surface area (Å²) in [5.41, 5.74) is 1.02. The molecule has 1 amide bonds. The molecule has 0 saturated heterocycles. The van der Waals surface area contributed by atoms with Gasteiger partial charge in [-0.15, -0.1) is 0 Å². The molecule has 5 heteroatoms. The minimum absolute atomic E-state index is 0.0125. The molecule has 1 aliphatic heterocycles. The third-order valence-electron chi connectivity index (χ3n) is 3.38. The number of rotatable bonds is 2. The molecule has 0 unspecified atom stereocenters. The highest BCUT2D eigenvalue weighted by Crippen LogP contribution is 2.34. The molecule has 2 aromatic carbocycles. The maximum Gasteiger partial charge on any atom is 0.231 e. The van der Waals surface area contributed by atoms with E-state index in [2.05, 4.69) is 0 Å². The van der Waals surface area contributed by atoms with Crippen molar-refractivity contribution in [2.75, 3.05) is 18.1 Å². The van der Waals surface area contributed by atoms with Gasteiger partial charge in [0.25, 0.3) is 0 Å². The highest BCUT2D eigenvalue weighted by Gasteiger charge is 2.24. The smallest absolute Gasteiger partial charge is 0.231 e. The van der Waals surface area contributed by atoms with Crippen molar-refractivity contribution in [2.24, 2.45) is 0 Å². The van der Waals surface area contributed by atoms with Crippen molar-refractivity contribution in [3.63, 3.8) is 0 Å². The molecule has 3 rings (SSSR count). The molecule has 0 fully saturated rings. The zero-order chi connectivity index (χ0) is 14.8. The fraction of sp³-hybridized carbons (Fsp3) is 0.188. The number of anilines is 1. The number of fused-ring (bicyclic) bond motifs is 1. The Labute approximate surface area is 126 Å². The molecule has 0 spiro atoms. The second-order valence-electron chi connectivity index (χ2n) is 4.77. The summed E-state index contributed by atoms with van der Waals surface area (Å²) in [6, 6.07) is 11.4. The van der Waals surface area contributed by atoms with Crippen LogP contribution in [0.1, 0.15) is 5.56 Å². The van der Waals surface area contributed by atoms with Gasteiger partial charge >= 0.3 is 0 Å². The van der Waals surface area contributed by atoms with E-state index in [-0.39, 0.29) is 18.1 Å². The quantitative estimate of drug-likeness (QED) is 0.850. The lowest BCUT2D eigenvalue weighted by Gasteiger charge is -2.29. The average molecular weight is 306 g/mol. The number of ether oxygens (including phenoxy) is 1. The molecule has 3 nitrogen and oxygen atoms in total. The van der Waals surface area contributed by atoms with Crippen LogP contribution in [0.2, 0.25) is 5.02 Å². The second-order valence-corrected chi connectivity index (χ2v) is 5.21. The molecule has 0 aliphatic carbocycles. The van der Waals surface area contributed by atoms with Crippen LogP contribution >= 0.6 is 11.6 Å². The van der Waals surface area contributed by atoms with E-state index in [1.165, 1.54) is 6.07 Å². The molecule has 0 aromatic heterocycles. The molecule has 108 valence electrons. The first-order valence-corrected chi connectivity index (χ1v) is 6.99. The second kappa shape index (κ2) is 5.74. The van der Waals surface area contributed by atoms with Gasteiger partial charge in [0.05, 0.1) is 18.7 Å². The van der Waals surface area contributed by atoms with E-state index in [1.54, 1.807) is 41.3 Å². The van der Waals surface area contributed by atoms with Gasteiger partial charge in [-0.2, -0.15) is 0 Å². The molecule has 0 atom stereocenters. The summed E-state index contributed by atoms with van der Waals surface area (Å²) in [6.07, 6.45) is 0.0125. The van der Waals surface area contributed by atoms with Gasteiger partial charge in [0.2, 0.25) is 5.91 Å². The summed E-state index contributed by atoms with van der Waals surface area (Å²) in [5.74, 6) is 0.0740. The van der Waals surface area contributed by atoms with Crippen molar-refractivity contribution in [2.45, 2.75) is 6.42 Å². The van der Waals surface area contributed by atoms with E-state index in [9.17, 15) is 9.18 Å². The van der Waals surface area contributed by atoms with Gasteiger partial charge in [0, 0.05) is 5.02 Å². The molecule has 0 bridgehead atoms. The number of nitrogens with zero attached hydrogens (tertiary/aromatic N) is 1. The van der Waals surface area contributed by atoms with Gasteiger partial charge in [0.15, 0.2) is 0 Å². The first-order chi connectivity index (χ1) is 10.1. The van der Waals surface area contributed by atoms with Gasteiger partial charge in [-0.3, -0.25) is 4.79 Å². The minimum Gasteiger partial charge on any atom is -0.490 e. The Balaban J connectivity index is 1.87. The first-order valence-electron chi connectivity index (χ1n) is 6.61. The Morgan fingerprint density at radius 3 is 2.90 bits per heavy atom. The van der Waals surface area contributed by atoms with Crippen LogP contribution in [0.15, 0.2) is 42.5 Å². The molecule has 0 radical (unpaired) electrons. The summed E-state index contributed by atoms with van der Waals surface area (Å²) >= 11 is 5.98. The van der Waals surface area contributed by atoms with Crippen LogP contribution in [-0.2, 0) is 11.2 Å². The van der Waals surface area contributed by atoms with Gasteiger partial charge in [-0.1, -0.05) is 29.8 Å². The Kier molecular flexibility index (Phi) is 3.80. The standard InChI is InChI=1S/C16H13ClFNO2/c17-12-5-6-15-14(10-12)19(7-8-21-15)16(20)9-11-3-1-2-4-13(11)18/h1-6,10H,7-9H2. The van der Waals surface area contributed by atoms with Crippen LogP contribution in [0.4, 0.5) is 10.1 Å². The molecular formula is C16H13ClFNO2. The van der Waals surface area contributed by atoms with Gasteiger partial charge < -0.3 is 9.64 Å². The molecule has 1 heterocycles. The van der Waals surface area contributed by atoms with Crippen LogP contribution in [0.5, 0.6) is 5.75 Å². The van der Waals surface area contributed by atoms with Crippen molar-refractivity contribution < 1.29 is 13.9 Å². The SMILES string of the molecule is O=C(Cc1ccccc1F)N1CCOc2ccc(Cl)cc21. The first kappa shape index (κ1) is 13.9. The van der Waals surface area contributed by atoms with Gasteiger partial charge in [-0.05, 0) is 29.8 Å². The van der Waals surface area contributed by atoms with Crippen LogP contribution < -0.4 is 9.64 Å². The molecular weight excluding hydrogens is 293 g/mol. The third-order valence-corrected chi connectivity index (χ3v) is 3.62. The maximum absolute atomic E-state index is 13.7. The predicted molar refractivity (Wildman–Crippen MR) is 79.4 cm³/mol. The average Bonchev–Trinajstić information content (AvgIpc) is 2.49. The Morgan fingerprint density at radius 1 is 1.29 bits per heavy atom. The van der Waals surface area contributed by atoms with Gasteiger partial charge in [-0.25, -0.2) is 4.39 Å². The number of amides is 1. The van der Waals surface area contributed by atoms with E-state index >= 15 is 0 Å². The summed E-state index contributed by atoms with van der Waals surface area (Å²) in [4.78, 5) is 14.0. The Bertz CT molecular complexity index is 690. The van der Waals surface area contributed by atoms with E-state index < -0.39 is 0 Å². The number of halogens is 2. The molecule has 0 N–H and O–H groups in total. The van der Waals surface area contributed by atoms with Crippen molar-refractivity contribution in [3.05, 3.63) is 58.9 Å². The third kappa shape index (κ3) is 2.85. The molecule has 21 heavy (non-hydrogen) atoms. The van der Waals surface area contributed by atoms with E-state index in [0.29, 0.717) is 35.2 Å². The lowest BCUT2D eigenvalue weighted by atomic mass is 10.1. The normalized spacial score (nSPS) is 13.5. The fourth-order valence-corrected chi connectivity index (χ4v) is 2.52. The number of hydrogen-bond donors (Lipinski definition) is 0. The van der Waals surface area contributed by atoms with Crippen LogP contribution in [0.25, 0.3) is 0 Å². The minimum atomic E-state index is -0.370. The lowest BCUT2D eigenvalue weighted by Crippen LogP contribution is -2.39. The largest absolute Gasteiger partial charge is 0.490 e. The van der Waals surface area contributed by atoms with Crippen molar-refractivity contribution in [3.8, 4) is 5.75 Å². The number of benzene rings is 2. The Hall–Kier alpha value is -2.07. The van der Waals surface area contributed by atoms with Gasteiger partial charge in [0.1, 0.15) is 18.2 Å². The monoisotopic (exact) mass is 305 g/mol. The lowest BCUT2D eigenvalue weighted by molar-refractivity contribution is -0.118. The Morgan fingerprint density at radius 2 is 2.10 bits per heavy atom. The maximum atomic E-state index is 13.7. The highest BCUT2D eigenvalue weighted by atomic mass is 35.5. The molecule has 0 saturated carbocycles. The summed E-state index contributed by atoms with van der Waals surface area (Å²) in [5, 5.41) is 0.531. The molecule has 2 aromatic rings. The van der Waals surface area contributed by atoms with E-state index in [4.69, 9.17) is 16.3 Å². The predicted octanol–water partition coefficient (Wildman–Crippen LogP) is 3.45.